The molecule has 10 aromatic heterocycles. The average Bonchev–Trinajstić information content (AvgIpc) is 4.31. The zero-order valence-corrected chi connectivity index (χ0v) is 42.1. The second-order valence-electron chi connectivity index (χ2n) is 18.7. The number of H-pyrrole nitrogens is 4. The Balaban J connectivity index is 1.01. The van der Waals surface area contributed by atoms with Crippen LogP contribution in [0.4, 0.5) is 14.5 Å². The molecular formula is C58H46F2N14O3. The van der Waals surface area contributed by atoms with E-state index in [-0.39, 0.29) is 51.5 Å². The standard InChI is InChI=1S/C58H46F2N14O3/c1-6-37(34-19-32(22-61-23-34)26-74(4)5)48(59)46-40(7-2)70-72-55(46)57-67-42-14-17-64-51(53(42)69-57)39-29-77-28-38(39)45-30(3)44(35-21-36(25-62-24-35)65-43(75)20-31-11-9-8-10-12-31)49(60)47-54(45)71-73-56(47)58-66-41-13-16-63-50(52(41)68-58)33-15-18-76-27-33/h6-19,21-25,27-29,70H,20,26H2,1-5H3,(H,65,75)(H,66,68)(H,67,69)(H,71,73)/b37-6+,40-7+,48-46-. The Kier molecular flexibility index (Phi) is 12.3. The van der Waals surface area contributed by atoms with Crippen molar-refractivity contribution in [1.82, 2.24) is 65.2 Å². The maximum atomic E-state index is 18.1. The molecule has 17 nitrogen and oxygen atoms in total. The number of pyridine rings is 4. The van der Waals surface area contributed by atoms with Crippen LogP contribution in [0, 0.1) is 12.7 Å². The number of nitrogens with zero attached hydrogens (tertiary/aromatic N) is 9. The van der Waals surface area contributed by atoms with E-state index >= 15 is 8.78 Å². The van der Waals surface area contributed by atoms with Gasteiger partial charge in [-0.15, -0.1) is 0 Å². The van der Waals surface area contributed by atoms with E-state index in [1.807, 2.05) is 55.4 Å². The lowest BCUT2D eigenvalue weighted by atomic mass is 9.88. The number of allylic oxidation sites excluding steroid dienone is 2. The van der Waals surface area contributed by atoms with Crippen molar-refractivity contribution in [2.45, 2.75) is 33.7 Å². The number of carbonyl (C=O) groups is 1. The summed E-state index contributed by atoms with van der Waals surface area (Å²) in [6.07, 6.45) is 19.6. The first-order valence-electron chi connectivity index (χ1n) is 24.5. The Morgan fingerprint density at radius 2 is 1.48 bits per heavy atom. The van der Waals surface area contributed by atoms with Gasteiger partial charge in [0.25, 0.3) is 0 Å². The van der Waals surface area contributed by atoms with Gasteiger partial charge in [0.2, 0.25) is 5.91 Å². The number of rotatable bonds is 13. The summed E-state index contributed by atoms with van der Waals surface area (Å²) in [6.45, 7) is 6.02. The first-order chi connectivity index (χ1) is 37.6. The highest BCUT2D eigenvalue weighted by molar-refractivity contribution is 6.09. The minimum atomic E-state index is -0.614. The number of anilines is 1. The quantitative estimate of drug-likeness (QED) is 0.0727. The fraction of sp³-hybridized carbons (Fsp3) is 0.121. The van der Waals surface area contributed by atoms with Gasteiger partial charge in [0.15, 0.2) is 11.6 Å². The molecule has 0 saturated heterocycles. The highest BCUT2D eigenvalue weighted by atomic mass is 19.1. The zero-order chi connectivity index (χ0) is 52.9. The third-order valence-corrected chi connectivity index (χ3v) is 13.4. The number of benzene rings is 2. The molecule has 0 radical (unpaired) electrons. The summed E-state index contributed by atoms with van der Waals surface area (Å²) in [5.41, 5.74) is 10.4. The molecule has 0 aliphatic carbocycles. The molecule has 1 amide bonds. The molecule has 5 N–H and O–H groups in total. The number of carbonyl (C=O) groups excluding carboxylic acids is 1. The monoisotopic (exact) mass is 1020 g/mol. The van der Waals surface area contributed by atoms with Crippen LogP contribution in [0.5, 0.6) is 0 Å². The van der Waals surface area contributed by atoms with E-state index in [4.69, 9.17) is 28.9 Å². The van der Waals surface area contributed by atoms with Crippen molar-refractivity contribution in [3.05, 3.63) is 168 Å². The Hall–Kier alpha value is -10.0. The third kappa shape index (κ3) is 8.63. The highest BCUT2D eigenvalue weighted by Crippen LogP contribution is 2.47. The van der Waals surface area contributed by atoms with E-state index in [1.165, 1.54) is 6.20 Å². The number of aromatic amines is 4. The first kappa shape index (κ1) is 48.0. The molecule has 2 aromatic carbocycles. The molecular weight excluding hydrogens is 979 g/mol. The van der Waals surface area contributed by atoms with Gasteiger partial charge in [-0.3, -0.25) is 34.9 Å². The summed E-state index contributed by atoms with van der Waals surface area (Å²) in [6, 6.07) is 18.3. The van der Waals surface area contributed by atoms with Crippen molar-refractivity contribution in [2.24, 2.45) is 0 Å². The lowest BCUT2D eigenvalue weighted by Gasteiger charge is -2.16. The van der Waals surface area contributed by atoms with Gasteiger partial charge in [-0.05, 0) is 81.9 Å². The van der Waals surface area contributed by atoms with E-state index < -0.39 is 11.6 Å². The van der Waals surface area contributed by atoms with Crippen LogP contribution in [0.25, 0.3) is 118 Å². The molecule has 10 heterocycles. The summed E-state index contributed by atoms with van der Waals surface area (Å²) >= 11 is 0. The summed E-state index contributed by atoms with van der Waals surface area (Å²) in [4.78, 5) is 50.4. The van der Waals surface area contributed by atoms with Crippen LogP contribution in [0.2, 0.25) is 0 Å². The molecule has 0 fully saturated rings. The minimum absolute atomic E-state index is 0.116. The molecule has 0 aliphatic heterocycles. The van der Waals surface area contributed by atoms with Crippen LogP contribution >= 0.6 is 0 Å². The number of furan rings is 2. The Bertz CT molecular complexity index is 4390. The maximum absolute atomic E-state index is 18.1. The number of imidazole rings is 2. The summed E-state index contributed by atoms with van der Waals surface area (Å²) < 4.78 is 46.7. The number of hydrogen-bond acceptors (Lipinski definition) is 12. The summed E-state index contributed by atoms with van der Waals surface area (Å²) in [7, 11) is 3.93. The molecule has 380 valence electrons. The number of halogens is 2. The molecule has 0 atom stereocenters. The normalized spacial score (nSPS) is 12.7. The van der Waals surface area contributed by atoms with Gasteiger partial charge in [-0.25, -0.2) is 18.7 Å². The highest BCUT2D eigenvalue weighted by Gasteiger charge is 2.30. The number of fused-ring (bicyclic) bond motifs is 3. The van der Waals surface area contributed by atoms with Gasteiger partial charge in [-0.1, -0.05) is 42.5 Å². The lowest BCUT2D eigenvalue weighted by molar-refractivity contribution is -0.115. The van der Waals surface area contributed by atoms with Crippen molar-refractivity contribution in [3.8, 4) is 67.8 Å². The summed E-state index contributed by atoms with van der Waals surface area (Å²) in [5.74, 6) is -0.833. The smallest absolute Gasteiger partial charge is 0.228 e. The second-order valence-corrected chi connectivity index (χ2v) is 18.7. The number of nitrogens with one attached hydrogen (secondary N) is 5. The van der Waals surface area contributed by atoms with Gasteiger partial charge in [-0.2, -0.15) is 10.2 Å². The van der Waals surface area contributed by atoms with Crippen LogP contribution < -0.4 is 15.9 Å². The van der Waals surface area contributed by atoms with Crippen LogP contribution in [0.1, 0.15) is 36.1 Å². The van der Waals surface area contributed by atoms with E-state index in [0.717, 1.165) is 11.1 Å². The molecule has 0 aliphatic rings. The van der Waals surface area contributed by atoms with Crippen LogP contribution in [0.15, 0.2) is 138 Å². The number of aromatic nitrogens is 12. The Labute approximate surface area is 436 Å². The van der Waals surface area contributed by atoms with Gasteiger partial charge in [0.1, 0.15) is 51.7 Å². The number of amides is 1. The molecule has 12 rings (SSSR count). The van der Waals surface area contributed by atoms with Crippen LogP contribution in [-0.4, -0.2) is 85.2 Å². The lowest BCUT2D eigenvalue weighted by Crippen LogP contribution is -2.26. The van der Waals surface area contributed by atoms with Crippen molar-refractivity contribution in [3.63, 3.8) is 0 Å². The van der Waals surface area contributed by atoms with Gasteiger partial charge in [0, 0.05) is 82.0 Å². The molecule has 0 bridgehead atoms. The second kappa shape index (κ2) is 19.7. The molecule has 0 unspecified atom stereocenters. The van der Waals surface area contributed by atoms with E-state index in [2.05, 4.69) is 45.5 Å². The van der Waals surface area contributed by atoms with Crippen LogP contribution in [0.3, 0.4) is 0 Å². The predicted octanol–water partition coefficient (Wildman–Crippen LogP) is 10.5. The minimum Gasteiger partial charge on any atom is -0.472 e. The Morgan fingerprint density at radius 1 is 0.753 bits per heavy atom. The topological polar surface area (TPSA) is 225 Å². The van der Waals surface area contributed by atoms with E-state index in [9.17, 15) is 4.79 Å². The molecule has 0 spiro atoms. The molecule has 12 aromatic rings. The van der Waals surface area contributed by atoms with Gasteiger partial charge < -0.3 is 29.0 Å². The van der Waals surface area contributed by atoms with E-state index in [0.29, 0.717) is 101 Å². The third-order valence-electron chi connectivity index (χ3n) is 13.4. The van der Waals surface area contributed by atoms with Crippen molar-refractivity contribution in [1.29, 1.82) is 0 Å². The first-order valence-corrected chi connectivity index (χ1v) is 24.5. The van der Waals surface area contributed by atoms with Crippen molar-refractivity contribution in [2.75, 3.05) is 19.4 Å². The molecule has 77 heavy (non-hydrogen) atoms. The SMILES string of the molecule is C/C=C(/C(F)=c1/c(-c2nc3c(-c4cocc4-c4c(C)c(-c5cncc(NC(=O)Cc6ccccc6)c5)c(F)c5c(-c6nc7c(-c8ccoc8)nccc7[nH]6)n[nH]c45)nccc3[nH]2)n[nH]/c1=C/C)c1cncc(CN(C)C)c1. The average molecular weight is 1030 g/mol. The fourth-order valence-corrected chi connectivity index (χ4v) is 10.00. The number of hydrogen-bond donors (Lipinski definition) is 5. The van der Waals surface area contributed by atoms with Crippen molar-refractivity contribution >= 4 is 62.0 Å². The zero-order valence-electron chi connectivity index (χ0n) is 42.1. The van der Waals surface area contributed by atoms with Gasteiger partial charge >= 0.3 is 0 Å². The summed E-state index contributed by atoms with van der Waals surface area (Å²) in [5, 5.41) is 19.2. The van der Waals surface area contributed by atoms with E-state index in [1.54, 1.807) is 113 Å². The van der Waals surface area contributed by atoms with Crippen molar-refractivity contribution < 1.29 is 22.4 Å². The van der Waals surface area contributed by atoms with Crippen LogP contribution in [-0.2, 0) is 17.8 Å². The maximum Gasteiger partial charge on any atom is 0.228 e. The van der Waals surface area contributed by atoms with Gasteiger partial charge in [0.05, 0.1) is 69.6 Å². The fourth-order valence-electron chi connectivity index (χ4n) is 10.00. The predicted molar refractivity (Wildman–Crippen MR) is 291 cm³/mol. The molecule has 0 saturated carbocycles. The largest absolute Gasteiger partial charge is 0.472 e. The Morgan fingerprint density at radius 3 is 2.22 bits per heavy atom. The molecule has 19 heteroatoms.